The first-order valence-corrected chi connectivity index (χ1v) is 8.97. The average molecular weight is 311 g/mol. The van der Waals surface area contributed by atoms with Gasteiger partial charge in [-0.25, -0.2) is 8.42 Å². The van der Waals surface area contributed by atoms with E-state index in [9.17, 15) is 8.42 Å². The first-order chi connectivity index (χ1) is 10.1. The van der Waals surface area contributed by atoms with Crippen LogP contribution >= 0.6 is 0 Å². The summed E-state index contributed by atoms with van der Waals surface area (Å²) in [5.74, 6) is 0. The molecule has 1 aliphatic heterocycles. The second-order valence-electron chi connectivity index (χ2n) is 5.75. The topological polar surface area (TPSA) is 72.4 Å². The lowest BCUT2D eigenvalue weighted by molar-refractivity contribution is -0.00543. The zero-order valence-electron chi connectivity index (χ0n) is 12.2. The van der Waals surface area contributed by atoms with Crippen LogP contribution in [0.25, 0.3) is 0 Å². The normalized spacial score (nSPS) is 25.3. The smallest absolute Gasteiger partial charge is 0.217 e. The zero-order chi connectivity index (χ0) is 14.9. The van der Waals surface area contributed by atoms with Crippen molar-refractivity contribution >= 4 is 10.0 Å². The van der Waals surface area contributed by atoms with Crippen LogP contribution in [-0.2, 0) is 14.8 Å². The van der Waals surface area contributed by atoms with Crippen molar-refractivity contribution in [1.29, 1.82) is 0 Å². The number of nitrogens with zero attached hydrogens (tertiary/aromatic N) is 3. The largest absolute Gasteiger partial charge is 0.369 e. The van der Waals surface area contributed by atoms with Gasteiger partial charge in [0.1, 0.15) is 6.10 Å². The third kappa shape index (κ3) is 3.09. The van der Waals surface area contributed by atoms with Crippen molar-refractivity contribution < 1.29 is 13.2 Å². The third-order valence-electron chi connectivity index (χ3n) is 4.24. The standard InChI is InChI=1S/C14H21N3O3S/c1-11-8-16-13(9-15-11)14-10-17(6-7-20-14)21(18,19)12-4-2-3-5-12/h8-9,12,14H,2-7,10H2,1H3/t14-/m0/s1. The first-order valence-electron chi connectivity index (χ1n) is 7.46. The van der Waals surface area contributed by atoms with E-state index in [-0.39, 0.29) is 11.4 Å². The number of aryl methyl sites for hydroxylation is 1. The highest BCUT2D eigenvalue weighted by atomic mass is 32.2. The maximum atomic E-state index is 12.7. The van der Waals surface area contributed by atoms with Crippen LogP contribution in [0.5, 0.6) is 0 Å². The predicted octanol–water partition coefficient (Wildman–Crippen LogP) is 1.43. The highest BCUT2D eigenvalue weighted by molar-refractivity contribution is 7.89. The summed E-state index contributed by atoms with van der Waals surface area (Å²) in [4.78, 5) is 8.52. The van der Waals surface area contributed by atoms with Crippen molar-refractivity contribution in [3.63, 3.8) is 0 Å². The molecule has 3 rings (SSSR count). The molecule has 1 aromatic heterocycles. The van der Waals surface area contributed by atoms with Crippen molar-refractivity contribution in [1.82, 2.24) is 14.3 Å². The highest BCUT2D eigenvalue weighted by Crippen LogP contribution is 2.30. The summed E-state index contributed by atoms with van der Waals surface area (Å²) < 4.78 is 32.6. The molecular formula is C14H21N3O3S. The summed E-state index contributed by atoms with van der Waals surface area (Å²) in [5.41, 5.74) is 1.54. The van der Waals surface area contributed by atoms with Gasteiger partial charge in [0.2, 0.25) is 10.0 Å². The van der Waals surface area contributed by atoms with Crippen LogP contribution in [-0.4, -0.2) is 47.6 Å². The fourth-order valence-electron chi connectivity index (χ4n) is 3.00. The van der Waals surface area contributed by atoms with E-state index < -0.39 is 10.0 Å². The number of morpholine rings is 1. The maximum absolute atomic E-state index is 12.7. The molecule has 6 nitrogen and oxygen atoms in total. The molecule has 1 saturated heterocycles. The van der Waals surface area contributed by atoms with Crippen molar-refractivity contribution in [2.75, 3.05) is 19.7 Å². The number of sulfonamides is 1. The number of aromatic nitrogens is 2. The van der Waals surface area contributed by atoms with Gasteiger partial charge in [-0.2, -0.15) is 4.31 Å². The first kappa shape index (κ1) is 14.9. The van der Waals surface area contributed by atoms with Gasteiger partial charge in [-0.05, 0) is 19.8 Å². The van der Waals surface area contributed by atoms with Gasteiger partial charge in [-0.15, -0.1) is 0 Å². The molecule has 1 aliphatic carbocycles. The number of hydrogen-bond donors (Lipinski definition) is 0. The molecule has 0 unspecified atom stereocenters. The summed E-state index contributed by atoms with van der Waals surface area (Å²) in [6, 6.07) is 0. The van der Waals surface area contributed by atoms with Crippen LogP contribution in [0.1, 0.15) is 43.2 Å². The van der Waals surface area contributed by atoms with Crippen molar-refractivity contribution in [3.05, 3.63) is 23.8 Å². The Morgan fingerprint density at radius 1 is 1.24 bits per heavy atom. The summed E-state index contributed by atoms with van der Waals surface area (Å²) in [6.07, 6.45) is 6.64. The second-order valence-corrected chi connectivity index (χ2v) is 7.96. The predicted molar refractivity (Wildman–Crippen MR) is 78.2 cm³/mol. The molecule has 0 amide bonds. The molecule has 2 heterocycles. The number of hydrogen-bond acceptors (Lipinski definition) is 5. The lowest BCUT2D eigenvalue weighted by Gasteiger charge is -2.33. The Morgan fingerprint density at radius 2 is 2.00 bits per heavy atom. The molecule has 2 fully saturated rings. The van der Waals surface area contributed by atoms with E-state index in [0.717, 1.165) is 31.4 Å². The van der Waals surface area contributed by atoms with E-state index in [2.05, 4.69) is 9.97 Å². The molecule has 1 atom stereocenters. The fraction of sp³-hybridized carbons (Fsp3) is 0.714. The Hall–Kier alpha value is -1.05. The molecule has 0 bridgehead atoms. The third-order valence-corrected chi connectivity index (χ3v) is 6.61. The molecule has 0 spiro atoms. The van der Waals surface area contributed by atoms with E-state index in [1.807, 2.05) is 6.92 Å². The van der Waals surface area contributed by atoms with E-state index in [4.69, 9.17) is 4.74 Å². The number of ether oxygens (including phenoxy) is 1. The molecule has 116 valence electrons. The minimum absolute atomic E-state index is 0.208. The Bertz CT molecular complexity index is 582. The van der Waals surface area contributed by atoms with Crippen molar-refractivity contribution in [2.24, 2.45) is 0 Å². The zero-order valence-corrected chi connectivity index (χ0v) is 13.1. The lowest BCUT2D eigenvalue weighted by Crippen LogP contribution is -2.45. The van der Waals surface area contributed by atoms with Gasteiger partial charge in [-0.3, -0.25) is 9.97 Å². The Kier molecular flexibility index (Phi) is 4.24. The maximum Gasteiger partial charge on any atom is 0.217 e. The Labute approximate surface area is 125 Å². The molecular weight excluding hydrogens is 290 g/mol. The fourth-order valence-corrected chi connectivity index (χ4v) is 5.02. The van der Waals surface area contributed by atoms with Crippen LogP contribution in [0.4, 0.5) is 0 Å². The second kappa shape index (κ2) is 5.98. The Morgan fingerprint density at radius 3 is 2.67 bits per heavy atom. The van der Waals surface area contributed by atoms with Gasteiger partial charge in [0.25, 0.3) is 0 Å². The Balaban J connectivity index is 1.75. The molecule has 1 aromatic rings. The summed E-state index contributed by atoms with van der Waals surface area (Å²) in [5, 5.41) is -0.208. The van der Waals surface area contributed by atoms with E-state index >= 15 is 0 Å². The van der Waals surface area contributed by atoms with Gasteiger partial charge in [0.15, 0.2) is 0 Å². The van der Waals surface area contributed by atoms with Crippen molar-refractivity contribution in [2.45, 2.75) is 44.0 Å². The van der Waals surface area contributed by atoms with E-state index in [0.29, 0.717) is 25.4 Å². The average Bonchev–Trinajstić information content (AvgIpc) is 3.03. The van der Waals surface area contributed by atoms with Gasteiger partial charge in [-0.1, -0.05) is 12.8 Å². The number of rotatable bonds is 3. The van der Waals surface area contributed by atoms with Crippen LogP contribution in [0.2, 0.25) is 0 Å². The minimum atomic E-state index is -3.21. The van der Waals surface area contributed by atoms with Crippen LogP contribution in [0, 0.1) is 6.92 Å². The highest BCUT2D eigenvalue weighted by Gasteiger charge is 2.37. The van der Waals surface area contributed by atoms with Crippen molar-refractivity contribution in [3.8, 4) is 0 Å². The molecule has 2 aliphatic rings. The van der Waals surface area contributed by atoms with Crippen LogP contribution in [0.3, 0.4) is 0 Å². The summed E-state index contributed by atoms with van der Waals surface area (Å²) in [6.45, 7) is 3.06. The van der Waals surface area contributed by atoms with Gasteiger partial charge >= 0.3 is 0 Å². The minimum Gasteiger partial charge on any atom is -0.369 e. The molecule has 7 heteroatoms. The molecule has 0 N–H and O–H groups in total. The lowest BCUT2D eigenvalue weighted by atomic mass is 10.2. The molecule has 1 saturated carbocycles. The molecule has 21 heavy (non-hydrogen) atoms. The summed E-state index contributed by atoms with van der Waals surface area (Å²) >= 11 is 0. The van der Waals surface area contributed by atoms with Gasteiger partial charge in [0, 0.05) is 19.3 Å². The van der Waals surface area contributed by atoms with Crippen LogP contribution in [0.15, 0.2) is 12.4 Å². The van der Waals surface area contributed by atoms with Gasteiger partial charge in [0.05, 0.1) is 29.4 Å². The van der Waals surface area contributed by atoms with Crippen LogP contribution < -0.4 is 0 Å². The SMILES string of the molecule is Cc1cnc([C@@H]2CN(S(=O)(=O)C3CCCC3)CCO2)cn1. The monoisotopic (exact) mass is 311 g/mol. The molecule has 0 aromatic carbocycles. The van der Waals surface area contributed by atoms with E-state index in [1.54, 1.807) is 16.7 Å². The van der Waals surface area contributed by atoms with Gasteiger partial charge < -0.3 is 4.74 Å². The molecule has 0 radical (unpaired) electrons. The van der Waals surface area contributed by atoms with E-state index in [1.165, 1.54) is 0 Å². The summed E-state index contributed by atoms with van der Waals surface area (Å²) in [7, 11) is -3.21. The quantitative estimate of drug-likeness (QED) is 0.844.